The number of benzene rings is 1. The van der Waals surface area contributed by atoms with Crippen LogP contribution in [0.25, 0.3) is 6.08 Å². The zero-order valence-electron chi connectivity index (χ0n) is 16.3. The van der Waals surface area contributed by atoms with E-state index in [1.165, 1.54) is 26.0 Å². The average molecular weight is 375 g/mol. The largest absolute Gasteiger partial charge is 0.493 e. The first-order valence-corrected chi connectivity index (χ1v) is 9.46. The molecular formula is C21H29NO5. The third kappa shape index (κ3) is 6.96. The number of nitrogens with one attached hydrogen (secondary N) is 1. The molecule has 27 heavy (non-hydrogen) atoms. The Morgan fingerprint density at radius 3 is 2.59 bits per heavy atom. The van der Waals surface area contributed by atoms with Crippen LogP contribution < -0.4 is 14.8 Å². The summed E-state index contributed by atoms with van der Waals surface area (Å²) < 4.78 is 15.6. The molecule has 1 amide bonds. The van der Waals surface area contributed by atoms with Crippen molar-refractivity contribution < 1.29 is 23.8 Å². The van der Waals surface area contributed by atoms with Crippen molar-refractivity contribution in [3.8, 4) is 11.5 Å². The summed E-state index contributed by atoms with van der Waals surface area (Å²) >= 11 is 0. The first-order valence-electron chi connectivity index (χ1n) is 9.46. The fourth-order valence-electron chi connectivity index (χ4n) is 3.07. The van der Waals surface area contributed by atoms with Gasteiger partial charge in [-0.05, 0) is 62.3 Å². The summed E-state index contributed by atoms with van der Waals surface area (Å²) in [4.78, 5) is 23.5. The Hall–Kier alpha value is -2.50. The number of esters is 1. The highest BCUT2D eigenvalue weighted by atomic mass is 16.6. The second-order valence-corrected chi connectivity index (χ2v) is 6.80. The Morgan fingerprint density at radius 2 is 1.93 bits per heavy atom. The Kier molecular flexibility index (Phi) is 8.17. The molecule has 0 spiro atoms. The van der Waals surface area contributed by atoms with Crippen molar-refractivity contribution in [2.24, 2.45) is 5.92 Å². The van der Waals surface area contributed by atoms with Gasteiger partial charge in [0, 0.05) is 12.1 Å². The summed E-state index contributed by atoms with van der Waals surface area (Å²) in [7, 11) is 1.52. The highest BCUT2D eigenvalue weighted by molar-refractivity contribution is 5.92. The monoisotopic (exact) mass is 375 g/mol. The number of rotatable bonds is 8. The summed E-state index contributed by atoms with van der Waals surface area (Å²) in [6, 6.07) is 5.53. The van der Waals surface area contributed by atoms with E-state index in [-0.39, 0.29) is 18.6 Å². The standard InChI is InChI=1S/C21H29NO5/c1-4-26-21(24)14-27-18-11-7-16(13-19(18)25-3)8-12-20(23)22-17-9-5-15(2)6-10-17/h7-8,11-13,15,17H,4-6,9-10,14H2,1-3H3,(H,22,23)/b12-8+/t15-,17+. The minimum atomic E-state index is -0.433. The molecule has 0 unspecified atom stereocenters. The lowest BCUT2D eigenvalue weighted by molar-refractivity contribution is -0.145. The average Bonchev–Trinajstić information content (AvgIpc) is 2.67. The van der Waals surface area contributed by atoms with Gasteiger partial charge in [0.05, 0.1) is 13.7 Å². The van der Waals surface area contributed by atoms with E-state index in [1.54, 1.807) is 31.2 Å². The van der Waals surface area contributed by atoms with Crippen LogP contribution in [0.3, 0.4) is 0 Å². The van der Waals surface area contributed by atoms with Gasteiger partial charge < -0.3 is 19.5 Å². The number of hydrogen-bond acceptors (Lipinski definition) is 5. The minimum Gasteiger partial charge on any atom is -0.493 e. The van der Waals surface area contributed by atoms with Crippen molar-refractivity contribution in [2.75, 3.05) is 20.3 Å². The molecule has 0 radical (unpaired) electrons. The Morgan fingerprint density at radius 1 is 1.19 bits per heavy atom. The van der Waals surface area contributed by atoms with Gasteiger partial charge in [-0.15, -0.1) is 0 Å². The first-order chi connectivity index (χ1) is 13.0. The summed E-state index contributed by atoms with van der Waals surface area (Å²) in [5.74, 6) is 1.17. The molecule has 6 nitrogen and oxygen atoms in total. The van der Waals surface area contributed by atoms with Crippen molar-refractivity contribution in [1.29, 1.82) is 0 Å². The summed E-state index contributed by atoms with van der Waals surface area (Å²) in [6.07, 6.45) is 7.69. The lowest BCUT2D eigenvalue weighted by Gasteiger charge is -2.26. The number of carbonyl (C=O) groups is 2. The minimum absolute atomic E-state index is 0.0869. The molecule has 0 aliphatic heterocycles. The van der Waals surface area contributed by atoms with E-state index in [1.807, 2.05) is 0 Å². The number of hydrogen-bond donors (Lipinski definition) is 1. The summed E-state index contributed by atoms with van der Waals surface area (Å²) in [5.41, 5.74) is 0.808. The molecule has 1 aliphatic carbocycles. The summed E-state index contributed by atoms with van der Waals surface area (Å²) in [6.45, 7) is 4.13. The Balaban J connectivity index is 1.90. The number of amides is 1. The molecule has 1 N–H and O–H groups in total. The van der Waals surface area contributed by atoms with Crippen molar-refractivity contribution >= 4 is 18.0 Å². The molecule has 1 saturated carbocycles. The molecule has 0 heterocycles. The molecule has 0 saturated heterocycles. The van der Waals surface area contributed by atoms with Gasteiger partial charge in [-0.1, -0.05) is 13.0 Å². The highest BCUT2D eigenvalue weighted by Crippen LogP contribution is 2.28. The van der Waals surface area contributed by atoms with Crippen molar-refractivity contribution in [2.45, 2.75) is 45.6 Å². The van der Waals surface area contributed by atoms with Crippen LogP contribution in [-0.2, 0) is 14.3 Å². The van der Waals surface area contributed by atoms with Crippen molar-refractivity contribution in [3.05, 3.63) is 29.8 Å². The summed E-state index contributed by atoms with van der Waals surface area (Å²) in [5, 5.41) is 3.06. The van der Waals surface area contributed by atoms with E-state index < -0.39 is 5.97 Å². The van der Waals surface area contributed by atoms with Crippen LogP contribution in [0, 0.1) is 5.92 Å². The van der Waals surface area contributed by atoms with Crippen LogP contribution in [0.1, 0.15) is 45.1 Å². The van der Waals surface area contributed by atoms with E-state index >= 15 is 0 Å². The molecule has 148 valence electrons. The molecular weight excluding hydrogens is 346 g/mol. The SMILES string of the molecule is CCOC(=O)COc1ccc(/C=C/C(=O)N[C@H]2CC[C@@H](C)CC2)cc1OC. The first kappa shape index (κ1) is 20.8. The highest BCUT2D eigenvalue weighted by Gasteiger charge is 2.18. The third-order valence-electron chi connectivity index (χ3n) is 4.63. The molecule has 1 aliphatic rings. The molecule has 1 aromatic rings. The zero-order chi connectivity index (χ0) is 19.6. The van der Waals surface area contributed by atoms with Gasteiger partial charge in [-0.3, -0.25) is 4.79 Å². The molecule has 0 atom stereocenters. The second kappa shape index (κ2) is 10.6. The Labute approximate surface area is 160 Å². The lowest BCUT2D eigenvalue weighted by Crippen LogP contribution is -2.36. The van der Waals surface area contributed by atoms with Gasteiger partial charge in [0.25, 0.3) is 0 Å². The topological polar surface area (TPSA) is 73.9 Å². The van der Waals surface area contributed by atoms with Gasteiger partial charge in [0.15, 0.2) is 18.1 Å². The zero-order valence-corrected chi connectivity index (χ0v) is 16.3. The van der Waals surface area contributed by atoms with Crippen LogP contribution in [-0.4, -0.2) is 38.2 Å². The van der Waals surface area contributed by atoms with E-state index in [4.69, 9.17) is 14.2 Å². The van der Waals surface area contributed by atoms with Crippen molar-refractivity contribution in [3.63, 3.8) is 0 Å². The van der Waals surface area contributed by atoms with Crippen LogP contribution >= 0.6 is 0 Å². The maximum Gasteiger partial charge on any atom is 0.344 e. The predicted molar refractivity (Wildman–Crippen MR) is 104 cm³/mol. The fourth-order valence-corrected chi connectivity index (χ4v) is 3.07. The molecule has 0 aromatic heterocycles. The normalized spacial score (nSPS) is 19.5. The number of carbonyl (C=O) groups excluding carboxylic acids is 2. The van der Waals surface area contributed by atoms with Crippen LogP contribution in [0.5, 0.6) is 11.5 Å². The van der Waals surface area contributed by atoms with E-state index in [2.05, 4.69) is 12.2 Å². The molecule has 0 bridgehead atoms. The third-order valence-corrected chi connectivity index (χ3v) is 4.63. The Bertz CT molecular complexity index is 663. The van der Waals surface area contributed by atoms with Gasteiger partial charge in [-0.2, -0.15) is 0 Å². The smallest absolute Gasteiger partial charge is 0.344 e. The van der Waals surface area contributed by atoms with Gasteiger partial charge in [-0.25, -0.2) is 4.79 Å². The van der Waals surface area contributed by atoms with Crippen LogP contribution in [0.2, 0.25) is 0 Å². The maximum atomic E-state index is 12.1. The molecule has 1 fully saturated rings. The lowest BCUT2D eigenvalue weighted by atomic mass is 9.87. The maximum absolute atomic E-state index is 12.1. The molecule has 6 heteroatoms. The van der Waals surface area contributed by atoms with Gasteiger partial charge >= 0.3 is 5.97 Å². The van der Waals surface area contributed by atoms with E-state index in [9.17, 15) is 9.59 Å². The van der Waals surface area contributed by atoms with Gasteiger partial charge in [0.1, 0.15) is 0 Å². The molecule has 2 rings (SSSR count). The number of methoxy groups -OCH3 is 1. The number of ether oxygens (including phenoxy) is 3. The van der Waals surface area contributed by atoms with Crippen molar-refractivity contribution in [1.82, 2.24) is 5.32 Å². The van der Waals surface area contributed by atoms with Crippen LogP contribution in [0.15, 0.2) is 24.3 Å². The van der Waals surface area contributed by atoms with Crippen LogP contribution in [0.4, 0.5) is 0 Å². The quantitative estimate of drug-likeness (QED) is 0.557. The van der Waals surface area contributed by atoms with Gasteiger partial charge in [0.2, 0.25) is 5.91 Å². The second-order valence-electron chi connectivity index (χ2n) is 6.80. The van der Waals surface area contributed by atoms with E-state index in [0.717, 1.165) is 24.3 Å². The predicted octanol–water partition coefficient (Wildman–Crippen LogP) is 3.35. The van der Waals surface area contributed by atoms with E-state index in [0.29, 0.717) is 18.1 Å². The fraction of sp³-hybridized carbons (Fsp3) is 0.524. The molecule has 1 aromatic carbocycles.